The third kappa shape index (κ3) is 3.04. The molecule has 9 heteroatoms. The van der Waals surface area contributed by atoms with Gasteiger partial charge in [-0.25, -0.2) is 0 Å². The summed E-state index contributed by atoms with van der Waals surface area (Å²) < 4.78 is 46.1. The normalized spacial score (nSPS) is 27.6. The monoisotopic (exact) mass is 308 g/mol. The van der Waals surface area contributed by atoms with Crippen molar-refractivity contribution in [3.63, 3.8) is 0 Å². The number of hydrogen-bond donors (Lipinski definition) is 1. The summed E-state index contributed by atoms with van der Waals surface area (Å²) in [7, 11) is 0. The summed E-state index contributed by atoms with van der Waals surface area (Å²) in [6.45, 7) is 3.07. The fourth-order valence-electron chi connectivity index (χ4n) is 2.62. The van der Waals surface area contributed by atoms with E-state index in [2.05, 4.69) is 19.6 Å². The highest BCUT2D eigenvalue weighted by molar-refractivity contribution is 7.09. The molecule has 1 aromatic rings. The Bertz CT molecular complexity index is 467. The molecule has 2 saturated heterocycles. The van der Waals surface area contributed by atoms with E-state index in [0.29, 0.717) is 19.2 Å². The van der Waals surface area contributed by atoms with Gasteiger partial charge in [0.2, 0.25) is 11.0 Å². The van der Waals surface area contributed by atoms with Crippen LogP contribution in [0.5, 0.6) is 0 Å². The van der Waals surface area contributed by atoms with Crippen molar-refractivity contribution in [1.82, 2.24) is 14.3 Å². The van der Waals surface area contributed by atoms with E-state index in [0.717, 1.165) is 24.6 Å². The summed E-state index contributed by atoms with van der Waals surface area (Å²) >= 11 is 0.723. The first-order chi connectivity index (χ1) is 9.52. The molecule has 2 aliphatic heterocycles. The molecule has 0 saturated carbocycles. The van der Waals surface area contributed by atoms with Gasteiger partial charge >= 0.3 is 6.18 Å². The number of alkyl halides is 3. The van der Waals surface area contributed by atoms with E-state index in [1.807, 2.05) is 0 Å². The first-order valence-corrected chi connectivity index (χ1v) is 7.30. The molecule has 0 amide bonds. The number of nitrogens with zero attached hydrogens (tertiary/aromatic N) is 3. The molecular weight excluding hydrogens is 293 g/mol. The lowest BCUT2D eigenvalue weighted by atomic mass is 10.2. The minimum Gasteiger partial charge on any atom is -0.373 e. The van der Waals surface area contributed by atoms with Gasteiger partial charge in [-0.05, 0) is 19.4 Å². The lowest BCUT2D eigenvalue weighted by molar-refractivity contribution is -0.144. The van der Waals surface area contributed by atoms with Crippen molar-refractivity contribution >= 4 is 16.7 Å². The Hall–Kier alpha value is -0.930. The first kappa shape index (κ1) is 14.0. The number of aromatic nitrogens is 2. The van der Waals surface area contributed by atoms with Crippen molar-refractivity contribution in [1.29, 1.82) is 0 Å². The zero-order valence-corrected chi connectivity index (χ0v) is 11.5. The van der Waals surface area contributed by atoms with E-state index in [9.17, 15) is 13.2 Å². The second kappa shape index (κ2) is 5.45. The summed E-state index contributed by atoms with van der Waals surface area (Å²) in [6.07, 6.45) is -2.13. The predicted octanol–water partition coefficient (Wildman–Crippen LogP) is 1.83. The van der Waals surface area contributed by atoms with Crippen LogP contribution in [0.25, 0.3) is 0 Å². The fourth-order valence-corrected chi connectivity index (χ4v) is 3.21. The van der Waals surface area contributed by atoms with Crippen molar-refractivity contribution < 1.29 is 17.9 Å². The second-order valence-electron chi connectivity index (χ2n) is 5.05. The van der Waals surface area contributed by atoms with Crippen LogP contribution in [0.15, 0.2) is 0 Å². The SMILES string of the molecule is FC(F)(F)c1nsc(NCC2CN3CCCC3CO2)n1. The Labute approximate surface area is 118 Å². The van der Waals surface area contributed by atoms with Crippen LogP contribution >= 0.6 is 11.5 Å². The molecule has 0 aromatic carbocycles. The molecule has 5 nitrogen and oxygen atoms in total. The predicted molar refractivity (Wildman–Crippen MR) is 67.7 cm³/mol. The van der Waals surface area contributed by atoms with Gasteiger partial charge < -0.3 is 10.1 Å². The van der Waals surface area contributed by atoms with Gasteiger partial charge in [0, 0.05) is 30.7 Å². The van der Waals surface area contributed by atoms with Crippen LogP contribution < -0.4 is 5.32 Å². The maximum Gasteiger partial charge on any atom is 0.452 e. The van der Waals surface area contributed by atoms with E-state index < -0.39 is 12.0 Å². The topological polar surface area (TPSA) is 50.3 Å². The quantitative estimate of drug-likeness (QED) is 0.923. The number of halogens is 3. The van der Waals surface area contributed by atoms with Gasteiger partial charge in [0.15, 0.2) is 0 Å². The lowest BCUT2D eigenvalue weighted by Crippen LogP contribution is -2.48. The number of nitrogens with one attached hydrogen (secondary N) is 1. The number of rotatable bonds is 3. The van der Waals surface area contributed by atoms with Gasteiger partial charge in [-0.2, -0.15) is 22.5 Å². The van der Waals surface area contributed by atoms with Crippen LogP contribution in [-0.2, 0) is 10.9 Å². The van der Waals surface area contributed by atoms with Gasteiger partial charge in [0.25, 0.3) is 0 Å². The number of hydrogen-bond acceptors (Lipinski definition) is 6. The smallest absolute Gasteiger partial charge is 0.373 e. The third-order valence-electron chi connectivity index (χ3n) is 3.62. The summed E-state index contributed by atoms with van der Waals surface area (Å²) in [5, 5.41) is 3.06. The Morgan fingerprint density at radius 3 is 3.05 bits per heavy atom. The average molecular weight is 308 g/mol. The zero-order chi connectivity index (χ0) is 14.2. The largest absolute Gasteiger partial charge is 0.452 e. The minimum atomic E-state index is -4.49. The molecule has 0 aliphatic carbocycles. The molecule has 2 unspecified atom stereocenters. The summed E-state index contributed by atoms with van der Waals surface area (Å²) in [4.78, 5) is 5.82. The van der Waals surface area contributed by atoms with Crippen LogP contribution in [0.2, 0.25) is 0 Å². The molecule has 3 rings (SSSR count). The van der Waals surface area contributed by atoms with Gasteiger partial charge in [-0.3, -0.25) is 4.90 Å². The number of morpholine rings is 1. The summed E-state index contributed by atoms with van der Waals surface area (Å²) in [5.41, 5.74) is 0. The van der Waals surface area contributed by atoms with Gasteiger partial charge in [0.05, 0.1) is 12.7 Å². The molecule has 2 atom stereocenters. The summed E-state index contributed by atoms with van der Waals surface area (Å²) in [6, 6.07) is 0.518. The van der Waals surface area contributed by atoms with Crippen LogP contribution in [-0.4, -0.2) is 52.6 Å². The van der Waals surface area contributed by atoms with Crippen LogP contribution in [0, 0.1) is 0 Å². The minimum absolute atomic E-state index is 0.0115. The van der Waals surface area contributed by atoms with Gasteiger partial charge in [0.1, 0.15) is 0 Å². The number of fused-ring (bicyclic) bond motifs is 1. The lowest BCUT2D eigenvalue weighted by Gasteiger charge is -2.35. The standard InChI is InChI=1S/C11H15F3N4OS/c12-11(13,14)9-16-10(20-17-9)15-4-8-5-18-3-1-2-7(18)6-19-8/h7-8H,1-6H2,(H,15,16,17). The molecule has 20 heavy (non-hydrogen) atoms. The number of ether oxygens (including phenoxy) is 1. The molecule has 1 N–H and O–H groups in total. The van der Waals surface area contributed by atoms with Crippen LogP contribution in [0.4, 0.5) is 18.3 Å². The molecule has 3 heterocycles. The fraction of sp³-hybridized carbons (Fsp3) is 0.818. The highest BCUT2D eigenvalue weighted by atomic mass is 32.1. The molecule has 112 valence electrons. The maximum absolute atomic E-state index is 12.4. The molecule has 1 aromatic heterocycles. The Kier molecular flexibility index (Phi) is 3.83. The molecule has 0 bridgehead atoms. The van der Waals surface area contributed by atoms with Crippen LogP contribution in [0.3, 0.4) is 0 Å². The highest BCUT2D eigenvalue weighted by Crippen LogP contribution is 2.29. The summed E-state index contributed by atoms with van der Waals surface area (Å²) in [5.74, 6) is -1.09. The van der Waals surface area contributed by atoms with E-state index in [-0.39, 0.29) is 11.2 Å². The second-order valence-corrected chi connectivity index (χ2v) is 5.80. The first-order valence-electron chi connectivity index (χ1n) is 6.53. The Morgan fingerprint density at radius 1 is 1.45 bits per heavy atom. The van der Waals surface area contributed by atoms with E-state index >= 15 is 0 Å². The molecule has 0 radical (unpaired) electrons. The molecule has 2 fully saturated rings. The van der Waals surface area contributed by atoms with Crippen LogP contribution in [0.1, 0.15) is 18.7 Å². The highest BCUT2D eigenvalue weighted by Gasteiger charge is 2.36. The van der Waals surface area contributed by atoms with Crippen molar-refractivity contribution in [2.45, 2.75) is 31.2 Å². The Balaban J connectivity index is 1.51. The van der Waals surface area contributed by atoms with Crippen molar-refractivity contribution in [3.8, 4) is 0 Å². The van der Waals surface area contributed by atoms with E-state index in [4.69, 9.17) is 4.74 Å². The van der Waals surface area contributed by atoms with Gasteiger partial charge in [-0.15, -0.1) is 0 Å². The third-order valence-corrected chi connectivity index (χ3v) is 4.29. The average Bonchev–Trinajstić information content (AvgIpc) is 3.04. The zero-order valence-electron chi connectivity index (χ0n) is 10.7. The molecular formula is C11H15F3N4OS. The maximum atomic E-state index is 12.4. The number of anilines is 1. The molecule has 0 spiro atoms. The van der Waals surface area contributed by atoms with Gasteiger partial charge in [-0.1, -0.05) is 0 Å². The van der Waals surface area contributed by atoms with Crippen molar-refractivity contribution in [3.05, 3.63) is 5.82 Å². The molecule has 2 aliphatic rings. The van der Waals surface area contributed by atoms with E-state index in [1.165, 1.54) is 12.8 Å². The van der Waals surface area contributed by atoms with Crippen molar-refractivity contribution in [2.75, 3.05) is 31.6 Å². The van der Waals surface area contributed by atoms with E-state index in [1.54, 1.807) is 0 Å². The van der Waals surface area contributed by atoms with Crippen molar-refractivity contribution in [2.24, 2.45) is 0 Å². The Morgan fingerprint density at radius 2 is 2.30 bits per heavy atom.